The van der Waals surface area contributed by atoms with Crippen molar-refractivity contribution in [2.24, 2.45) is 0 Å². The normalized spacial score (nSPS) is 10.8. The van der Waals surface area contributed by atoms with Gasteiger partial charge < -0.3 is 47.7 Å². The van der Waals surface area contributed by atoms with E-state index in [0.29, 0.717) is 0 Å². The summed E-state index contributed by atoms with van der Waals surface area (Å²) in [5, 5.41) is 0. The maximum Gasteiger partial charge on any atom is 0.239 e. The van der Waals surface area contributed by atoms with Crippen molar-refractivity contribution in [3.63, 3.8) is 0 Å². The molecule has 0 unspecified atom stereocenters. The van der Waals surface area contributed by atoms with Gasteiger partial charge in [0.1, 0.15) is 22.1 Å². The Balaban J connectivity index is 0.000000190. The molecule has 51 heavy (non-hydrogen) atoms. The second kappa shape index (κ2) is 14.3. The number of aryl methyl sites for hydroxylation is 5. The average molecular weight is 716 g/mol. The molecule has 0 aliphatic heterocycles. The highest BCUT2D eigenvalue weighted by Gasteiger charge is 2.23. The van der Waals surface area contributed by atoms with Crippen LogP contribution in [0.5, 0.6) is 0 Å². The minimum atomic E-state index is 0. The number of nitrogens with zero attached hydrogens (tertiary/aromatic N) is 4. The lowest BCUT2D eigenvalue weighted by molar-refractivity contribution is -0.538. The van der Waals surface area contributed by atoms with Gasteiger partial charge in [0.2, 0.25) is 33.4 Å². The van der Waals surface area contributed by atoms with Crippen LogP contribution in [-0.2, 0) is 0 Å². The highest BCUT2D eigenvalue weighted by molar-refractivity contribution is 5.88. The number of aromatic nitrogens is 4. The van der Waals surface area contributed by atoms with Gasteiger partial charge in [-0.2, -0.15) is 0 Å². The van der Waals surface area contributed by atoms with Crippen LogP contribution >= 0.6 is 0 Å². The van der Waals surface area contributed by atoms with Gasteiger partial charge in [-0.25, -0.2) is 9.97 Å². The third kappa shape index (κ3) is 6.64. The summed E-state index contributed by atoms with van der Waals surface area (Å²) in [5.74, 6) is 0. The molecule has 0 saturated heterocycles. The molecule has 8 nitrogen and oxygen atoms in total. The van der Waals surface area contributed by atoms with Gasteiger partial charge in [-0.3, -0.25) is 0 Å². The summed E-state index contributed by atoms with van der Waals surface area (Å²) in [7, 11) is 0. The maximum atomic E-state index is 6.20. The minimum absolute atomic E-state index is 0. The first-order valence-electron chi connectivity index (χ1n) is 16.2. The molecular formula is C41H40Cl2N8. The molecule has 8 rings (SSSR count). The molecule has 8 aromatic rings. The lowest BCUT2D eigenvalue weighted by Crippen LogP contribution is -3.00. The monoisotopic (exact) mass is 714 g/mol. The molecule has 0 radical (unpaired) electrons. The molecule has 2 aromatic heterocycles. The van der Waals surface area contributed by atoms with E-state index in [4.69, 9.17) is 32.9 Å². The van der Waals surface area contributed by atoms with E-state index in [9.17, 15) is 0 Å². The molecule has 258 valence electrons. The van der Waals surface area contributed by atoms with Crippen molar-refractivity contribution >= 4 is 66.9 Å². The van der Waals surface area contributed by atoms with Gasteiger partial charge in [0.15, 0.2) is 0 Å². The van der Waals surface area contributed by atoms with Gasteiger partial charge in [0.05, 0.1) is 0 Å². The molecule has 0 spiro atoms. The zero-order chi connectivity index (χ0) is 34.6. The van der Waals surface area contributed by atoms with E-state index in [0.717, 1.165) is 101 Å². The molecule has 10 heteroatoms. The smallest absolute Gasteiger partial charge is 0.239 e. The number of nitrogens with two attached hydrogens (primary N) is 4. The number of nitrogen functional groups attached to an aromatic ring is 4. The van der Waals surface area contributed by atoms with Gasteiger partial charge >= 0.3 is 0 Å². The third-order valence-electron chi connectivity index (χ3n) is 9.27. The summed E-state index contributed by atoms with van der Waals surface area (Å²) in [5.41, 5.74) is 42.8. The minimum Gasteiger partial charge on any atom is -1.00 e. The van der Waals surface area contributed by atoms with E-state index in [1.54, 1.807) is 0 Å². The molecule has 0 fully saturated rings. The Morgan fingerprint density at radius 3 is 1.10 bits per heavy atom. The molecule has 0 aliphatic carbocycles. The number of benzene rings is 6. The van der Waals surface area contributed by atoms with E-state index in [1.807, 2.05) is 107 Å². The predicted molar refractivity (Wildman–Crippen MR) is 203 cm³/mol. The first-order chi connectivity index (χ1) is 23.5. The number of hydrogen-bond donors (Lipinski definition) is 4. The number of rotatable bonds is 2. The highest BCUT2D eigenvalue weighted by atomic mass is 35.5. The fourth-order valence-electron chi connectivity index (χ4n) is 6.31. The Hall–Kier alpha value is -5.70. The summed E-state index contributed by atoms with van der Waals surface area (Å²) in [6.45, 7) is 10.1. The molecule has 2 heterocycles. The summed E-state index contributed by atoms with van der Waals surface area (Å²) < 4.78 is 4.38. The SMILES string of the molecule is Cc1cc2nc3cc(C)c(N)cc3[n+](-c3ccccc3)c2cc1N.Cc1cc2nc3cc(C)c(N)cc3[n+](-c3ccccc3C)c2cc1N.[Cl-].[Cl-]. The van der Waals surface area contributed by atoms with Gasteiger partial charge in [-0.1, -0.05) is 36.4 Å². The van der Waals surface area contributed by atoms with E-state index >= 15 is 0 Å². The fraction of sp³-hybridized carbons (Fsp3) is 0.122. The summed E-state index contributed by atoms with van der Waals surface area (Å²) >= 11 is 0. The van der Waals surface area contributed by atoms with Crippen LogP contribution in [0.25, 0.3) is 55.5 Å². The van der Waals surface area contributed by atoms with Gasteiger partial charge in [0, 0.05) is 70.8 Å². The Labute approximate surface area is 309 Å². The van der Waals surface area contributed by atoms with Gasteiger partial charge in [-0.15, -0.1) is 9.13 Å². The maximum absolute atomic E-state index is 6.20. The van der Waals surface area contributed by atoms with E-state index in [-0.39, 0.29) is 24.8 Å². The topological polar surface area (TPSA) is 138 Å². The first-order valence-corrected chi connectivity index (χ1v) is 16.2. The molecule has 0 aliphatic rings. The molecule has 8 N–H and O–H groups in total. The molecule has 0 amide bonds. The van der Waals surface area contributed by atoms with Crippen molar-refractivity contribution in [2.75, 3.05) is 22.9 Å². The Bertz CT molecular complexity index is 2470. The van der Waals surface area contributed by atoms with Crippen LogP contribution in [0.3, 0.4) is 0 Å². The number of fused-ring (bicyclic) bond motifs is 4. The number of hydrogen-bond acceptors (Lipinski definition) is 6. The molecule has 0 bridgehead atoms. The Morgan fingerprint density at radius 1 is 0.392 bits per heavy atom. The van der Waals surface area contributed by atoms with Crippen LogP contribution in [0.1, 0.15) is 27.8 Å². The van der Waals surface area contributed by atoms with Crippen LogP contribution in [0.15, 0.2) is 103 Å². The van der Waals surface area contributed by atoms with Crippen molar-refractivity contribution in [3.8, 4) is 11.4 Å². The van der Waals surface area contributed by atoms with Crippen molar-refractivity contribution in [1.29, 1.82) is 0 Å². The van der Waals surface area contributed by atoms with Crippen molar-refractivity contribution in [3.05, 3.63) is 131 Å². The van der Waals surface area contributed by atoms with E-state index in [2.05, 4.69) is 40.3 Å². The van der Waals surface area contributed by atoms with E-state index in [1.165, 1.54) is 5.56 Å². The zero-order valence-corrected chi connectivity index (χ0v) is 30.7. The van der Waals surface area contributed by atoms with Crippen LogP contribution in [0.2, 0.25) is 0 Å². The fourth-order valence-corrected chi connectivity index (χ4v) is 6.31. The molecular weight excluding hydrogens is 675 g/mol. The van der Waals surface area contributed by atoms with Crippen molar-refractivity contribution in [1.82, 2.24) is 9.97 Å². The summed E-state index contributed by atoms with van der Waals surface area (Å²) in [6.07, 6.45) is 0. The predicted octanol–water partition coefficient (Wildman–Crippen LogP) is 1.21. The lowest BCUT2D eigenvalue weighted by atomic mass is 10.1. The molecule has 6 aromatic carbocycles. The van der Waals surface area contributed by atoms with Crippen LogP contribution in [0.4, 0.5) is 22.7 Å². The second-order valence-corrected chi connectivity index (χ2v) is 12.8. The molecule has 0 saturated carbocycles. The first kappa shape index (κ1) is 36.6. The van der Waals surface area contributed by atoms with E-state index < -0.39 is 0 Å². The number of anilines is 4. The Kier molecular flexibility index (Phi) is 10.2. The van der Waals surface area contributed by atoms with Crippen LogP contribution in [0, 0.1) is 34.6 Å². The Morgan fingerprint density at radius 2 is 0.725 bits per heavy atom. The van der Waals surface area contributed by atoms with Crippen LogP contribution in [-0.4, -0.2) is 9.97 Å². The standard InChI is InChI=1S/C21H20N4.C20H18N4.2ClH/c1-12-6-4-5-7-19(12)25-20-10-15(22)13(2)8-17(20)24-18-9-14(3)16(23)11-21(18)25;1-12-8-17-19(10-15(12)21)24(14-6-4-3-5-7-14)20-11-16(22)13(2)9-18(20)23-17;;/h4-11H,1-3H3,(H3,22,23);3-11H,1-2H3,(H3,21,22);2*1H. The summed E-state index contributed by atoms with van der Waals surface area (Å²) in [4.78, 5) is 9.70. The van der Waals surface area contributed by atoms with Crippen molar-refractivity contribution in [2.45, 2.75) is 34.6 Å². The van der Waals surface area contributed by atoms with Gasteiger partial charge in [-0.05, 0) is 81.1 Å². The lowest BCUT2D eigenvalue weighted by Gasteiger charge is -2.10. The average Bonchev–Trinajstić information content (AvgIpc) is 3.07. The van der Waals surface area contributed by atoms with Crippen molar-refractivity contribution < 1.29 is 33.9 Å². The largest absolute Gasteiger partial charge is 1.00 e. The third-order valence-corrected chi connectivity index (χ3v) is 9.27. The quantitative estimate of drug-likeness (QED) is 0.121. The molecule has 0 atom stereocenters. The number of halogens is 2. The summed E-state index contributed by atoms with van der Waals surface area (Å²) in [6, 6.07) is 34.6. The number of para-hydroxylation sites is 2. The van der Waals surface area contributed by atoms with Crippen LogP contribution < -0.4 is 56.9 Å². The highest BCUT2D eigenvalue weighted by Crippen LogP contribution is 2.27. The van der Waals surface area contributed by atoms with Gasteiger partial charge in [0.25, 0.3) is 0 Å². The zero-order valence-electron chi connectivity index (χ0n) is 29.2. The second-order valence-electron chi connectivity index (χ2n) is 12.8.